The van der Waals surface area contributed by atoms with Gasteiger partial charge in [0.25, 0.3) is 0 Å². The summed E-state index contributed by atoms with van der Waals surface area (Å²) in [6, 6.07) is 0. The molecule has 56 heavy (non-hydrogen) atoms. The molecule has 0 amide bonds. The topological polar surface area (TPSA) is 228 Å². The number of aliphatic hydroxyl groups excluding tert-OH is 8. The smallest absolute Gasteiger partial charge is 0.187 e. The van der Waals surface area contributed by atoms with Crippen LogP contribution >= 0.6 is 0 Å². The van der Waals surface area contributed by atoms with Gasteiger partial charge in [0, 0.05) is 0 Å². The fraction of sp³-hybridized carbons (Fsp3) is 1.00. The number of rotatable bonds is 7. The maximum absolute atomic E-state index is 12.4. The lowest BCUT2D eigenvalue weighted by Crippen LogP contribution is -2.71. The summed E-state index contributed by atoms with van der Waals surface area (Å²) in [6.07, 6.45) is -11.0. The van der Waals surface area contributed by atoms with E-state index in [1.807, 2.05) is 0 Å². The second-order valence-electron chi connectivity index (χ2n) is 21.2. The van der Waals surface area contributed by atoms with Crippen LogP contribution in [0.5, 0.6) is 0 Å². The predicted octanol–water partition coefficient (Wildman–Crippen LogP) is 1.36. The van der Waals surface area contributed by atoms with Crippen LogP contribution in [0.4, 0.5) is 0 Å². The zero-order valence-electron chi connectivity index (χ0n) is 34.8. The van der Waals surface area contributed by atoms with Crippen molar-refractivity contribution in [3.63, 3.8) is 0 Å². The van der Waals surface area contributed by atoms with Gasteiger partial charge in [-0.1, -0.05) is 34.6 Å². The van der Waals surface area contributed by atoms with E-state index in [9.17, 15) is 46.0 Å². The van der Waals surface area contributed by atoms with E-state index in [0.717, 1.165) is 25.7 Å². The van der Waals surface area contributed by atoms with Gasteiger partial charge in [0.2, 0.25) is 0 Å². The fourth-order valence-corrected chi connectivity index (χ4v) is 14.1. The van der Waals surface area contributed by atoms with Crippen molar-refractivity contribution in [1.29, 1.82) is 0 Å². The van der Waals surface area contributed by atoms with Gasteiger partial charge in [-0.3, -0.25) is 0 Å². The van der Waals surface area contributed by atoms with Gasteiger partial charge in [-0.05, 0) is 124 Å². The first-order chi connectivity index (χ1) is 25.9. The Morgan fingerprint density at radius 1 is 0.732 bits per heavy atom. The van der Waals surface area contributed by atoms with Crippen molar-refractivity contribution in [2.45, 2.75) is 211 Å². The van der Waals surface area contributed by atoms with Gasteiger partial charge in [-0.15, -0.1) is 0 Å². The lowest BCUT2D eigenvalue weighted by atomic mass is 9.34. The molecule has 7 fully saturated rings. The van der Waals surface area contributed by atoms with E-state index in [1.165, 1.54) is 6.92 Å². The molecule has 324 valence electrons. The Morgan fingerprint density at radius 3 is 2.04 bits per heavy atom. The van der Waals surface area contributed by atoms with Crippen LogP contribution in [0.15, 0.2) is 0 Å². The summed E-state index contributed by atoms with van der Waals surface area (Å²) in [4.78, 5) is 0. The van der Waals surface area contributed by atoms with E-state index in [1.54, 1.807) is 13.8 Å². The van der Waals surface area contributed by atoms with Crippen LogP contribution < -0.4 is 0 Å². The number of hydrogen-bond donors (Lipinski definition) is 9. The maximum Gasteiger partial charge on any atom is 0.187 e. The largest absolute Gasteiger partial charge is 0.394 e. The fourth-order valence-electron chi connectivity index (χ4n) is 14.1. The Bertz CT molecular complexity index is 1430. The highest BCUT2D eigenvalue weighted by Crippen LogP contribution is 2.76. The second-order valence-corrected chi connectivity index (χ2v) is 21.2. The highest BCUT2D eigenvalue weighted by Gasteiger charge is 2.74. The Hall–Kier alpha value is -0.560. The van der Waals surface area contributed by atoms with Gasteiger partial charge >= 0.3 is 0 Å². The molecule has 3 heterocycles. The van der Waals surface area contributed by atoms with Crippen molar-refractivity contribution < 1.29 is 69.6 Å². The molecule has 3 saturated heterocycles. The molecular formula is C42H72O14. The van der Waals surface area contributed by atoms with E-state index < -0.39 is 114 Å². The lowest BCUT2D eigenvalue weighted by molar-refractivity contribution is -0.382. The summed E-state index contributed by atoms with van der Waals surface area (Å²) in [5, 5.41) is 99.5. The minimum Gasteiger partial charge on any atom is -0.394 e. The van der Waals surface area contributed by atoms with E-state index in [-0.39, 0.29) is 35.2 Å². The van der Waals surface area contributed by atoms with Crippen LogP contribution in [0.1, 0.15) is 114 Å². The van der Waals surface area contributed by atoms with E-state index in [4.69, 9.17) is 23.7 Å². The Morgan fingerprint density at radius 2 is 1.41 bits per heavy atom. The molecule has 14 nitrogen and oxygen atoms in total. The highest BCUT2D eigenvalue weighted by atomic mass is 16.8. The summed E-state index contributed by atoms with van der Waals surface area (Å²) in [6.45, 7) is 17.6. The monoisotopic (exact) mass is 800 g/mol. The average Bonchev–Trinajstić information content (AvgIpc) is 3.71. The molecule has 4 aliphatic carbocycles. The molecule has 22 atom stereocenters. The number of aliphatic hydroxyl groups is 9. The predicted molar refractivity (Wildman–Crippen MR) is 200 cm³/mol. The zero-order chi connectivity index (χ0) is 41.3. The molecule has 7 aliphatic rings. The molecule has 0 radical (unpaired) electrons. The first kappa shape index (κ1) is 43.5. The Labute approximate surface area is 331 Å². The van der Waals surface area contributed by atoms with Crippen LogP contribution in [-0.2, 0) is 23.7 Å². The van der Waals surface area contributed by atoms with E-state index in [2.05, 4.69) is 41.5 Å². The molecule has 4 saturated carbocycles. The molecule has 9 N–H and O–H groups in total. The van der Waals surface area contributed by atoms with Crippen molar-refractivity contribution in [3.05, 3.63) is 0 Å². The van der Waals surface area contributed by atoms with Gasteiger partial charge in [-0.2, -0.15) is 0 Å². The summed E-state index contributed by atoms with van der Waals surface area (Å²) in [5.41, 5.74) is -3.36. The molecule has 0 aromatic rings. The average molecular weight is 801 g/mol. The van der Waals surface area contributed by atoms with Gasteiger partial charge in [0.1, 0.15) is 42.7 Å². The molecule has 14 heteroatoms. The summed E-state index contributed by atoms with van der Waals surface area (Å²) in [7, 11) is 0. The SMILES string of the molecule is CC1OC(OC2C(OC3C[C@@]4(C)C(C[C@H](O)[C@H]5[C@H](C6(C)CCC(C(C)(C)O)O6)CCC54C)[C@]4(C)CC[C@@H](O)C(C)(C)C34)OC(CO)C(O)C2O)C(O)C(O)C1O. The minimum absolute atomic E-state index is 0.0557. The second kappa shape index (κ2) is 14.5. The molecule has 7 rings (SSSR count). The van der Waals surface area contributed by atoms with E-state index in [0.29, 0.717) is 25.7 Å². The molecule has 0 spiro atoms. The third kappa shape index (κ3) is 6.49. The minimum atomic E-state index is -1.70. The summed E-state index contributed by atoms with van der Waals surface area (Å²) in [5.74, 6) is -0.246. The van der Waals surface area contributed by atoms with Crippen molar-refractivity contribution in [1.82, 2.24) is 0 Å². The van der Waals surface area contributed by atoms with Gasteiger partial charge in [-0.25, -0.2) is 0 Å². The molecule has 0 aromatic heterocycles. The van der Waals surface area contributed by atoms with E-state index >= 15 is 0 Å². The molecular weight excluding hydrogens is 728 g/mol. The lowest BCUT2D eigenvalue weighted by Gasteiger charge is -2.72. The van der Waals surface area contributed by atoms with Gasteiger partial charge in [0.05, 0.1) is 48.3 Å². The maximum atomic E-state index is 12.4. The summed E-state index contributed by atoms with van der Waals surface area (Å²) < 4.78 is 32.0. The van der Waals surface area contributed by atoms with Crippen molar-refractivity contribution in [3.8, 4) is 0 Å². The van der Waals surface area contributed by atoms with Crippen LogP contribution in [0.3, 0.4) is 0 Å². The quantitative estimate of drug-likeness (QED) is 0.166. The Balaban J connectivity index is 1.26. The van der Waals surface area contributed by atoms with Crippen LogP contribution in [0.25, 0.3) is 0 Å². The number of ether oxygens (including phenoxy) is 5. The molecule has 3 aliphatic heterocycles. The molecule has 0 aromatic carbocycles. The van der Waals surface area contributed by atoms with Crippen molar-refractivity contribution >= 4 is 0 Å². The third-order valence-corrected chi connectivity index (χ3v) is 17.3. The van der Waals surface area contributed by atoms with Crippen molar-refractivity contribution in [2.24, 2.45) is 45.3 Å². The molecule has 16 unspecified atom stereocenters. The van der Waals surface area contributed by atoms with Crippen molar-refractivity contribution in [2.75, 3.05) is 6.61 Å². The standard InChI is InChI=1S/C42H72O14/c1-19-28(46)30(48)32(50)35(52-19)55-33-31(49)29(47)23(18-43)54-36(33)53-22-17-41(8)24(39(6)13-11-25(45)37(2,3)34(22)39)16-21(44)27-20(10-14-40(27,41)7)42(9)15-12-26(56-42)38(4,5)51/h19-36,43-51H,10-18H2,1-9H3/t19?,20-,21+,22?,23?,24?,25-,26?,27-,28?,29?,30?,31?,32?,33?,34?,35?,36?,39+,40?,41+,42?/m1/s1. The zero-order valence-corrected chi connectivity index (χ0v) is 34.8. The van der Waals surface area contributed by atoms with Gasteiger partial charge in [0.15, 0.2) is 12.6 Å². The van der Waals surface area contributed by atoms with Gasteiger partial charge < -0.3 is 69.6 Å². The third-order valence-electron chi connectivity index (χ3n) is 17.3. The molecule has 0 bridgehead atoms. The normalized spacial score (nSPS) is 57.3. The van der Waals surface area contributed by atoms with Crippen LogP contribution in [-0.4, -0.2) is 150 Å². The Kier molecular flexibility index (Phi) is 11.3. The van der Waals surface area contributed by atoms with Crippen LogP contribution in [0, 0.1) is 45.3 Å². The first-order valence-electron chi connectivity index (χ1n) is 21.2. The first-order valence-corrected chi connectivity index (χ1v) is 21.2. The summed E-state index contributed by atoms with van der Waals surface area (Å²) >= 11 is 0. The number of fused-ring (bicyclic) bond motifs is 5. The number of hydrogen-bond acceptors (Lipinski definition) is 14. The highest BCUT2D eigenvalue weighted by molar-refractivity contribution is 5.22. The van der Waals surface area contributed by atoms with Crippen LogP contribution in [0.2, 0.25) is 0 Å².